The van der Waals surface area contributed by atoms with E-state index in [4.69, 9.17) is 9.84 Å². The number of carbonyl (C=O) groups excluding carboxylic acids is 1. The molecule has 0 saturated carbocycles. The topological polar surface area (TPSA) is 75.6 Å². The fourth-order valence-electron chi connectivity index (χ4n) is 1.32. The van der Waals surface area contributed by atoms with Gasteiger partial charge in [-0.3, -0.25) is 9.59 Å². The van der Waals surface area contributed by atoms with Crippen molar-refractivity contribution in [1.29, 1.82) is 0 Å². The van der Waals surface area contributed by atoms with E-state index in [2.05, 4.69) is 5.32 Å². The summed E-state index contributed by atoms with van der Waals surface area (Å²) >= 11 is 0. The van der Waals surface area contributed by atoms with E-state index in [1.54, 1.807) is 0 Å². The Bertz CT molecular complexity index is 414. The van der Waals surface area contributed by atoms with Gasteiger partial charge < -0.3 is 15.2 Å². The van der Waals surface area contributed by atoms with E-state index in [0.717, 1.165) is 11.3 Å². The highest BCUT2D eigenvalue weighted by molar-refractivity contribution is 5.96. The van der Waals surface area contributed by atoms with Gasteiger partial charge in [0.15, 0.2) is 0 Å². The van der Waals surface area contributed by atoms with E-state index < -0.39 is 17.8 Å². The predicted molar refractivity (Wildman–Crippen MR) is 66.3 cm³/mol. The highest BCUT2D eigenvalue weighted by Crippen LogP contribution is 2.11. The third-order valence-electron chi connectivity index (χ3n) is 2.46. The highest BCUT2D eigenvalue weighted by Gasteiger charge is 2.19. The summed E-state index contributed by atoms with van der Waals surface area (Å²) in [7, 11) is 0. The van der Waals surface area contributed by atoms with Gasteiger partial charge in [0.2, 0.25) is 5.91 Å². The first-order chi connectivity index (χ1) is 8.54. The third-order valence-corrected chi connectivity index (χ3v) is 2.46. The minimum absolute atomic E-state index is 0.308. The van der Waals surface area contributed by atoms with Crippen LogP contribution in [0.4, 0.5) is 0 Å². The van der Waals surface area contributed by atoms with Crippen molar-refractivity contribution >= 4 is 11.9 Å². The second-order valence-electron chi connectivity index (χ2n) is 3.85. The zero-order valence-corrected chi connectivity index (χ0v) is 10.5. The van der Waals surface area contributed by atoms with E-state index in [1.807, 2.05) is 31.2 Å². The fourth-order valence-corrected chi connectivity index (χ4v) is 1.32. The van der Waals surface area contributed by atoms with Crippen LogP contribution >= 0.6 is 0 Å². The molecule has 1 rings (SSSR count). The summed E-state index contributed by atoms with van der Waals surface area (Å²) in [5.74, 6) is -1.88. The number of ether oxygens (including phenoxy) is 1. The number of nitrogens with one attached hydrogen (secondary N) is 1. The molecule has 1 atom stereocenters. The van der Waals surface area contributed by atoms with Gasteiger partial charge in [-0.25, -0.2) is 0 Å². The Hall–Kier alpha value is -2.04. The lowest BCUT2D eigenvalue weighted by Crippen LogP contribution is -2.33. The third kappa shape index (κ3) is 4.08. The van der Waals surface area contributed by atoms with Crippen LogP contribution in [0, 0.1) is 5.92 Å². The number of amides is 1. The van der Waals surface area contributed by atoms with Gasteiger partial charge in [-0.1, -0.05) is 12.1 Å². The van der Waals surface area contributed by atoms with Gasteiger partial charge in [-0.15, -0.1) is 0 Å². The van der Waals surface area contributed by atoms with Crippen LogP contribution in [0.1, 0.15) is 19.4 Å². The maximum Gasteiger partial charge on any atom is 0.315 e. The van der Waals surface area contributed by atoms with E-state index in [9.17, 15) is 9.59 Å². The van der Waals surface area contributed by atoms with Crippen molar-refractivity contribution < 1.29 is 19.4 Å². The molecule has 0 heterocycles. The van der Waals surface area contributed by atoms with Gasteiger partial charge in [0.25, 0.3) is 0 Å². The lowest BCUT2D eigenvalue weighted by atomic mass is 10.1. The van der Waals surface area contributed by atoms with Gasteiger partial charge in [0, 0.05) is 6.54 Å². The Morgan fingerprint density at radius 1 is 1.33 bits per heavy atom. The predicted octanol–water partition coefficient (Wildman–Crippen LogP) is 1.42. The lowest BCUT2D eigenvalue weighted by molar-refractivity contribution is -0.146. The molecule has 2 N–H and O–H groups in total. The monoisotopic (exact) mass is 251 g/mol. The van der Waals surface area contributed by atoms with Crippen molar-refractivity contribution in [3.8, 4) is 5.75 Å². The number of hydrogen-bond donors (Lipinski definition) is 2. The number of benzene rings is 1. The molecule has 0 spiro atoms. The van der Waals surface area contributed by atoms with Crippen LogP contribution in [0.3, 0.4) is 0 Å². The first-order valence-electron chi connectivity index (χ1n) is 5.76. The number of carboxylic acids is 1. The summed E-state index contributed by atoms with van der Waals surface area (Å²) < 4.78 is 5.29. The molecule has 18 heavy (non-hydrogen) atoms. The summed E-state index contributed by atoms with van der Waals surface area (Å²) in [4.78, 5) is 22.0. The van der Waals surface area contributed by atoms with Crippen molar-refractivity contribution in [1.82, 2.24) is 5.32 Å². The summed E-state index contributed by atoms with van der Waals surface area (Å²) in [6, 6.07) is 7.28. The second kappa shape index (κ2) is 6.64. The average Bonchev–Trinajstić information content (AvgIpc) is 2.37. The van der Waals surface area contributed by atoms with Gasteiger partial charge in [0.1, 0.15) is 11.7 Å². The molecule has 0 aliphatic heterocycles. The van der Waals surface area contributed by atoms with E-state index >= 15 is 0 Å². The van der Waals surface area contributed by atoms with Crippen LogP contribution in [0.25, 0.3) is 0 Å². The zero-order valence-electron chi connectivity index (χ0n) is 10.5. The van der Waals surface area contributed by atoms with Crippen LogP contribution in [0.2, 0.25) is 0 Å². The van der Waals surface area contributed by atoms with Crippen molar-refractivity contribution in [2.75, 3.05) is 6.61 Å². The largest absolute Gasteiger partial charge is 0.494 e. The number of aliphatic carboxylic acids is 1. The lowest BCUT2D eigenvalue weighted by Gasteiger charge is -2.09. The molecule has 0 fully saturated rings. The van der Waals surface area contributed by atoms with Crippen LogP contribution in [0.5, 0.6) is 5.75 Å². The fraction of sp³-hybridized carbons (Fsp3) is 0.385. The van der Waals surface area contributed by atoms with Gasteiger partial charge in [0.05, 0.1) is 6.61 Å². The van der Waals surface area contributed by atoms with Crippen molar-refractivity contribution in [2.24, 2.45) is 5.92 Å². The molecule has 0 bridgehead atoms. The van der Waals surface area contributed by atoms with E-state index in [-0.39, 0.29) is 0 Å². The molecule has 0 aliphatic carbocycles. The summed E-state index contributed by atoms with van der Waals surface area (Å²) in [5, 5.41) is 11.2. The summed E-state index contributed by atoms with van der Waals surface area (Å²) in [6.45, 7) is 4.17. The number of carboxylic acid groups (broad SMARTS) is 1. The highest BCUT2D eigenvalue weighted by atomic mass is 16.5. The standard InChI is InChI=1S/C13H17NO4/c1-3-18-11-6-4-10(5-7-11)8-14-12(15)9(2)13(16)17/h4-7,9H,3,8H2,1-2H3,(H,14,15)(H,16,17). The van der Waals surface area contributed by atoms with Gasteiger partial charge in [-0.05, 0) is 31.5 Å². The van der Waals surface area contributed by atoms with Crippen LogP contribution in [-0.2, 0) is 16.1 Å². The first kappa shape index (κ1) is 14.0. The molecule has 0 aromatic heterocycles. The molecule has 5 nitrogen and oxygen atoms in total. The summed E-state index contributed by atoms with van der Waals surface area (Å²) in [5.41, 5.74) is 0.893. The number of carbonyl (C=O) groups is 2. The van der Waals surface area contributed by atoms with Gasteiger partial charge >= 0.3 is 5.97 Å². The zero-order chi connectivity index (χ0) is 13.5. The smallest absolute Gasteiger partial charge is 0.315 e. The molecule has 0 saturated heterocycles. The number of hydrogen-bond acceptors (Lipinski definition) is 3. The van der Waals surface area contributed by atoms with E-state index in [1.165, 1.54) is 6.92 Å². The Morgan fingerprint density at radius 3 is 2.44 bits per heavy atom. The Morgan fingerprint density at radius 2 is 1.94 bits per heavy atom. The molecule has 1 aromatic rings. The SMILES string of the molecule is CCOc1ccc(CNC(=O)C(C)C(=O)O)cc1. The quantitative estimate of drug-likeness (QED) is 0.750. The molecule has 1 aromatic carbocycles. The molecule has 0 aliphatic rings. The van der Waals surface area contributed by atoms with Crippen molar-refractivity contribution in [2.45, 2.75) is 20.4 Å². The average molecular weight is 251 g/mol. The Labute approximate surface area is 106 Å². The van der Waals surface area contributed by atoms with Crippen molar-refractivity contribution in [3.63, 3.8) is 0 Å². The molecule has 0 radical (unpaired) electrons. The molecule has 1 unspecified atom stereocenters. The molecular weight excluding hydrogens is 234 g/mol. The Balaban J connectivity index is 2.48. The molecule has 98 valence electrons. The van der Waals surface area contributed by atoms with Gasteiger partial charge in [-0.2, -0.15) is 0 Å². The summed E-state index contributed by atoms with van der Waals surface area (Å²) in [6.07, 6.45) is 0. The Kier molecular flexibility index (Phi) is 5.17. The first-order valence-corrected chi connectivity index (χ1v) is 5.76. The van der Waals surface area contributed by atoms with Crippen molar-refractivity contribution in [3.05, 3.63) is 29.8 Å². The second-order valence-corrected chi connectivity index (χ2v) is 3.85. The minimum atomic E-state index is -1.13. The minimum Gasteiger partial charge on any atom is -0.494 e. The molecule has 5 heteroatoms. The molecule has 1 amide bonds. The normalized spacial score (nSPS) is 11.7. The van der Waals surface area contributed by atoms with Crippen LogP contribution in [-0.4, -0.2) is 23.6 Å². The molecular formula is C13H17NO4. The van der Waals surface area contributed by atoms with E-state index in [0.29, 0.717) is 13.2 Å². The maximum atomic E-state index is 11.4. The van der Waals surface area contributed by atoms with Crippen LogP contribution in [0.15, 0.2) is 24.3 Å². The number of rotatable bonds is 6. The van der Waals surface area contributed by atoms with Crippen LogP contribution < -0.4 is 10.1 Å². The maximum absolute atomic E-state index is 11.4.